The largest absolute Gasteiger partial charge is 0.494 e. The molecule has 1 amide bonds. The number of anilines is 1. The zero-order chi connectivity index (χ0) is 14.7. The van der Waals surface area contributed by atoms with Crippen LogP contribution in [0.5, 0.6) is 5.75 Å². The Morgan fingerprint density at radius 2 is 2.29 bits per heavy atom. The van der Waals surface area contributed by atoms with Crippen LogP contribution in [0.2, 0.25) is 0 Å². The molecule has 1 N–H and O–H groups in total. The lowest BCUT2D eigenvalue weighted by Crippen LogP contribution is -2.07. The van der Waals surface area contributed by atoms with E-state index in [-0.39, 0.29) is 5.91 Å². The first-order chi connectivity index (χ1) is 10.3. The molecule has 0 aliphatic rings. The van der Waals surface area contributed by atoms with E-state index in [1.807, 2.05) is 35.0 Å². The molecule has 0 spiro atoms. The van der Waals surface area contributed by atoms with E-state index in [1.54, 1.807) is 24.5 Å². The molecule has 4 nitrogen and oxygen atoms in total. The Balaban J connectivity index is 1.77. The van der Waals surface area contributed by atoms with Crippen LogP contribution in [-0.2, 0) is 4.79 Å². The van der Waals surface area contributed by atoms with Crippen molar-refractivity contribution in [3.05, 3.63) is 46.7 Å². The first-order valence-electron chi connectivity index (χ1n) is 6.21. The number of fused-ring (bicyclic) bond motifs is 1. The zero-order valence-electron chi connectivity index (χ0n) is 11.2. The fraction of sp³-hybridized carbons (Fsp3) is 0.0667. The molecule has 106 valence electrons. The summed E-state index contributed by atoms with van der Waals surface area (Å²) >= 11 is 3.02. The van der Waals surface area contributed by atoms with Crippen LogP contribution in [0.1, 0.15) is 5.56 Å². The van der Waals surface area contributed by atoms with E-state index >= 15 is 0 Å². The van der Waals surface area contributed by atoms with Crippen LogP contribution in [0, 0.1) is 0 Å². The SMILES string of the molecule is COc1cccc2sc(NC(=O)/C=C/c3ccsc3)nc12. The number of carbonyl (C=O) groups is 1. The summed E-state index contributed by atoms with van der Waals surface area (Å²) in [6.07, 6.45) is 3.28. The summed E-state index contributed by atoms with van der Waals surface area (Å²) in [5.41, 5.74) is 1.78. The van der Waals surface area contributed by atoms with Gasteiger partial charge in [-0.25, -0.2) is 4.98 Å². The van der Waals surface area contributed by atoms with Gasteiger partial charge in [-0.2, -0.15) is 11.3 Å². The number of para-hydroxylation sites is 1. The fourth-order valence-corrected chi connectivity index (χ4v) is 3.35. The molecule has 0 saturated carbocycles. The highest BCUT2D eigenvalue weighted by molar-refractivity contribution is 7.22. The van der Waals surface area contributed by atoms with Crippen molar-refractivity contribution in [1.82, 2.24) is 4.98 Å². The summed E-state index contributed by atoms with van der Waals surface area (Å²) in [6, 6.07) is 7.66. The molecule has 1 aromatic carbocycles. The molecule has 0 unspecified atom stereocenters. The number of thiazole rings is 1. The van der Waals surface area contributed by atoms with Gasteiger partial charge in [0.25, 0.3) is 0 Å². The summed E-state index contributed by atoms with van der Waals surface area (Å²) in [5, 5.41) is 7.29. The molecule has 6 heteroatoms. The Morgan fingerprint density at radius 1 is 1.38 bits per heavy atom. The average Bonchev–Trinajstić information content (AvgIpc) is 3.13. The summed E-state index contributed by atoms with van der Waals surface area (Å²) in [7, 11) is 1.61. The molecule has 2 heterocycles. The number of benzene rings is 1. The minimum absolute atomic E-state index is 0.195. The molecule has 0 atom stereocenters. The van der Waals surface area contributed by atoms with Crippen LogP contribution >= 0.6 is 22.7 Å². The molecule has 0 saturated heterocycles. The number of amides is 1. The third-order valence-corrected chi connectivity index (χ3v) is 4.44. The maximum absolute atomic E-state index is 11.9. The second-order valence-electron chi connectivity index (χ2n) is 4.21. The second-order valence-corrected chi connectivity index (χ2v) is 6.02. The van der Waals surface area contributed by atoms with Crippen molar-refractivity contribution in [2.45, 2.75) is 0 Å². The maximum atomic E-state index is 11.9. The fourth-order valence-electron chi connectivity index (χ4n) is 1.83. The minimum atomic E-state index is -0.195. The lowest BCUT2D eigenvalue weighted by Gasteiger charge is -1.98. The molecule has 3 aromatic rings. The number of ether oxygens (including phenoxy) is 1. The zero-order valence-corrected chi connectivity index (χ0v) is 12.8. The topological polar surface area (TPSA) is 51.2 Å². The van der Waals surface area contributed by atoms with E-state index < -0.39 is 0 Å². The monoisotopic (exact) mass is 316 g/mol. The number of hydrogen-bond donors (Lipinski definition) is 1. The van der Waals surface area contributed by atoms with Crippen LogP contribution < -0.4 is 10.1 Å². The van der Waals surface area contributed by atoms with Crippen molar-refractivity contribution < 1.29 is 9.53 Å². The van der Waals surface area contributed by atoms with Gasteiger partial charge < -0.3 is 4.74 Å². The predicted molar refractivity (Wildman–Crippen MR) is 88.2 cm³/mol. The summed E-state index contributed by atoms with van der Waals surface area (Å²) in [4.78, 5) is 16.3. The Morgan fingerprint density at radius 3 is 3.05 bits per heavy atom. The minimum Gasteiger partial charge on any atom is -0.494 e. The third-order valence-electron chi connectivity index (χ3n) is 2.80. The van der Waals surface area contributed by atoms with E-state index in [4.69, 9.17) is 4.74 Å². The standard InChI is InChI=1S/C15H12N2O2S2/c1-19-11-3-2-4-12-14(11)17-15(21-12)16-13(18)6-5-10-7-8-20-9-10/h2-9H,1H3,(H,16,17,18)/b6-5+. The van der Waals surface area contributed by atoms with Gasteiger partial charge in [-0.05, 0) is 40.6 Å². The van der Waals surface area contributed by atoms with E-state index in [9.17, 15) is 4.79 Å². The number of nitrogens with one attached hydrogen (secondary N) is 1. The van der Waals surface area contributed by atoms with Crippen LogP contribution in [0.4, 0.5) is 5.13 Å². The van der Waals surface area contributed by atoms with Crippen molar-refractivity contribution in [2.75, 3.05) is 12.4 Å². The smallest absolute Gasteiger partial charge is 0.250 e. The number of nitrogens with zero attached hydrogens (tertiary/aromatic N) is 1. The molecule has 0 bridgehead atoms. The Hall–Kier alpha value is -2.18. The van der Waals surface area contributed by atoms with E-state index in [0.717, 1.165) is 15.8 Å². The number of hydrogen-bond acceptors (Lipinski definition) is 5. The Labute approximate surface area is 129 Å². The summed E-state index contributed by atoms with van der Waals surface area (Å²) in [5.74, 6) is 0.511. The first-order valence-corrected chi connectivity index (χ1v) is 7.97. The van der Waals surface area contributed by atoms with Crippen molar-refractivity contribution in [2.24, 2.45) is 0 Å². The molecule has 3 rings (SSSR count). The Bertz CT molecular complexity index is 791. The van der Waals surface area contributed by atoms with Crippen molar-refractivity contribution in [3.63, 3.8) is 0 Å². The van der Waals surface area contributed by atoms with Gasteiger partial charge in [-0.15, -0.1) is 0 Å². The molecule has 0 fully saturated rings. The van der Waals surface area contributed by atoms with Gasteiger partial charge in [-0.1, -0.05) is 17.4 Å². The molecule has 2 aromatic heterocycles. The third kappa shape index (κ3) is 3.12. The number of carbonyl (C=O) groups excluding carboxylic acids is 1. The van der Waals surface area contributed by atoms with Crippen LogP contribution in [0.3, 0.4) is 0 Å². The number of rotatable bonds is 4. The van der Waals surface area contributed by atoms with Crippen LogP contribution in [0.15, 0.2) is 41.1 Å². The van der Waals surface area contributed by atoms with Crippen LogP contribution in [0.25, 0.3) is 16.3 Å². The van der Waals surface area contributed by atoms with Gasteiger partial charge in [0, 0.05) is 6.08 Å². The number of aromatic nitrogens is 1. The van der Waals surface area contributed by atoms with Gasteiger partial charge >= 0.3 is 0 Å². The highest BCUT2D eigenvalue weighted by Crippen LogP contribution is 2.31. The lowest BCUT2D eigenvalue weighted by molar-refractivity contribution is -0.111. The van der Waals surface area contributed by atoms with Crippen LogP contribution in [-0.4, -0.2) is 18.0 Å². The predicted octanol–water partition coefficient (Wildman–Crippen LogP) is 4.02. The molecular formula is C15H12N2O2S2. The van der Waals surface area contributed by atoms with E-state index in [1.165, 1.54) is 17.4 Å². The molecular weight excluding hydrogens is 304 g/mol. The van der Waals surface area contributed by atoms with E-state index in [0.29, 0.717) is 10.9 Å². The second kappa shape index (κ2) is 6.07. The molecule has 0 radical (unpaired) electrons. The first kappa shape index (κ1) is 13.8. The highest BCUT2D eigenvalue weighted by atomic mass is 32.1. The summed E-state index contributed by atoms with van der Waals surface area (Å²) < 4.78 is 6.24. The van der Waals surface area contributed by atoms with Gasteiger partial charge in [0.05, 0.1) is 11.8 Å². The van der Waals surface area contributed by atoms with Gasteiger partial charge in [0.1, 0.15) is 11.3 Å². The highest BCUT2D eigenvalue weighted by Gasteiger charge is 2.09. The Kier molecular flexibility index (Phi) is 3.98. The maximum Gasteiger partial charge on any atom is 0.250 e. The van der Waals surface area contributed by atoms with Crippen molar-refractivity contribution >= 4 is 50.0 Å². The van der Waals surface area contributed by atoms with E-state index in [2.05, 4.69) is 10.3 Å². The molecule has 21 heavy (non-hydrogen) atoms. The number of methoxy groups -OCH3 is 1. The van der Waals surface area contributed by atoms with Gasteiger partial charge in [0.2, 0.25) is 5.91 Å². The quantitative estimate of drug-likeness (QED) is 0.740. The normalized spacial score (nSPS) is 11.1. The van der Waals surface area contributed by atoms with Crippen molar-refractivity contribution in [1.29, 1.82) is 0 Å². The van der Waals surface area contributed by atoms with Crippen molar-refractivity contribution in [3.8, 4) is 5.75 Å². The lowest BCUT2D eigenvalue weighted by atomic mass is 10.3. The molecule has 0 aliphatic carbocycles. The van der Waals surface area contributed by atoms with Gasteiger partial charge in [0.15, 0.2) is 5.13 Å². The molecule has 0 aliphatic heterocycles. The number of thiophene rings is 1. The van der Waals surface area contributed by atoms with Gasteiger partial charge in [-0.3, -0.25) is 10.1 Å². The average molecular weight is 316 g/mol. The summed E-state index contributed by atoms with van der Waals surface area (Å²) in [6.45, 7) is 0.